The van der Waals surface area contributed by atoms with Gasteiger partial charge in [-0.25, -0.2) is 9.97 Å². The molecule has 1 aromatic heterocycles. The third kappa shape index (κ3) is 2.05. The number of aromatic nitrogens is 2. The van der Waals surface area contributed by atoms with E-state index in [1.54, 1.807) is 0 Å². The Kier molecular flexibility index (Phi) is 2.89. The molecule has 0 saturated carbocycles. The zero-order chi connectivity index (χ0) is 12.5. The van der Waals surface area contributed by atoms with E-state index in [-0.39, 0.29) is 0 Å². The lowest BCUT2D eigenvalue weighted by Crippen LogP contribution is -2.01. The number of anilines is 2. The first kappa shape index (κ1) is 11.4. The number of hydrogen-bond donors (Lipinski definition) is 2. The van der Waals surface area contributed by atoms with Crippen molar-refractivity contribution in [2.45, 2.75) is 18.9 Å². The highest BCUT2D eigenvalue weighted by Gasteiger charge is 2.25. The van der Waals surface area contributed by atoms with Crippen molar-refractivity contribution in [1.29, 1.82) is 0 Å². The fourth-order valence-electron chi connectivity index (χ4n) is 2.19. The number of nitrogens with zero attached hydrogens (tertiary/aromatic N) is 2. The van der Waals surface area contributed by atoms with Crippen LogP contribution >= 0.6 is 11.6 Å². The SMILES string of the molecule is OC1CCc2c(Nc3cccc(Cl)c3)ncnc21. The Hall–Kier alpha value is -1.65. The molecule has 1 heterocycles. The Morgan fingerprint density at radius 2 is 2.22 bits per heavy atom. The summed E-state index contributed by atoms with van der Waals surface area (Å²) in [4.78, 5) is 8.37. The van der Waals surface area contributed by atoms with Gasteiger partial charge in [0.1, 0.15) is 12.1 Å². The molecule has 2 N–H and O–H groups in total. The van der Waals surface area contributed by atoms with Crippen LogP contribution in [0.25, 0.3) is 0 Å². The van der Waals surface area contributed by atoms with Crippen LogP contribution in [0.15, 0.2) is 30.6 Å². The first-order valence-electron chi connectivity index (χ1n) is 5.78. The molecule has 1 atom stereocenters. The van der Waals surface area contributed by atoms with E-state index in [0.717, 1.165) is 29.2 Å². The molecule has 1 aromatic carbocycles. The summed E-state index contributed by atoms with van der Waals surface area (Å²) in [6, 6.07) is 7.45. The Morgan fingerprint density at radius 3 is 3.06 bits per heavy atom. The Labute approximate surface area is 110 Å². The fourth-order valence-corrected chi connectivity index (χ4v) is 2.38. The van der Waals surface area contributed by atoms with Gasteiger partial charge < -0.3 is 10.4 Å². The maximum absolute atomic E-state index is 9.78. The zero-order valence-electron chi connectivity index (χ0n) is 9.60. The van der Waals surface area contributed by atoms with Gasteiger partial charge in [-0.1, -0.05) is 17.7 Å². The van der Waals surface area contributed by atoms with Crippen LogP contribution < -0.4 is 5.32 Å². The van der Waals surface area contributed by atoms with Gasteiger partial charge in [0.2, 0.25) is 0 Å². The molecular weight excluding hydrogens is 250 g/mol. The molecule has 0 spiro atoms. The number of halogens is 1. The van der Waals surface area contributed by atoms with Crippen LogP contribution in [-0.4, -0.2) is 15.1 Å². The third-order valence-electron chi connectivity index (χ3n) is 3.05. The highest BCUT2D eigenvalue weighted by Crippen LogP contribution is 2.33. The van der Waals surface area contributed by atoms with Gasteiger partial charge in [0, 0.05) is 16.3 Å². The van der Waals surface area contributed by atoms with Crippen molar-refractivity contribution in [3.63, 3.8) is 0 Å². The normalized spacial score (nSPS) is 17.6. The summed E-state index contributed by atoms with van der Waals surface area (Å²) in [5.41, 5.74) is 2.60. The van der Waals surface area contributed by atoms with Gasteiger partial charge in [0.05, 0.1) is 11.8 Å². The molecule has 0 saturated heterocycles. The smallest absolute Gasteiger partial charge is 0.137 e. The lowest BCUT2D eigenvalue weighted by atomic mass is 10.2. The van der Waals surface area contributed by atoms with Crippen LogP contribution in [0.3, 0.4) is 0 Å². The minimum absolute atomic E-state index is 0.470. The molecule has 0 aliphatic heterocycles. The van der Waals surface area contributed by atoms with Crippen molar-refractivity contribution >= 4 is 23.1 Å². The van der Waals surface area contributed by atoms with Gasteiger partial charge in [0.15, 0.2) is 0 Å². The monoisotopic (exact) mass is 261 g/mol. The number of fused-ring (bicyclic) bond motifs is 1. The molecule has 5 heteroatoms. The second-order valence-corrected chi connectivity index (χ2v) is 4.71. The molecule has 92 valence electrons. The van der Waals surface area contributed by atoms with E-state index in [4.69, 9.17) is 11.6 Å². The van der Waals surface area contributed by atoms with Gasteiger partial charge in [-0.05, 0) is 31.0 Å². The summed E-state index contributed by atoms with van der Waals surface area (Å²) in [5.74, 6) is 0.749. The largest absolute Gasteiger partial charge is 0.387 e. The maximum atomic E-state index is 9.78. The van der Waals surface area contributed by atoms with E-state index >= 15 is 0 Å². The molecule has 2 aromatic rings. The molecule has 1 unspecified atom stereocenters. The van der Waals surface area contributed by atoms with E-state index in [0.29, 0.717) is 11.4 Å². The number of nitrogens with one attached hydrogen (secondary N) is 1. The van der Waals surface area contributed by atoms with Crippen LogP contribution in [-0.2, 0) is 6.42 Å². The van der Waals surface area contributed by atoms with Crippen LogP contribution in [0.4, 0.5) is 11.5 Å². The molecule has 1 aliphatic rings. The van der Waals surface area contributed by atoms with Crippen LogP contribution in [0.5, 0.6) is 0 Å². The summed E-state index contributed by atoms with van der Waals surface area (Å²) in [7, 11) is 0. The molecule has 18 heavy (non-hydrogen) atoms. The quantitative estimate of drug-likeness (QED) is 0.873. The molecule has 0 bridgehead atoms. The Bertz CT molecular complexity index is 588. The lowest BCUT2D eigenvalue weighted by molar-refractivity contribution is 0.175. The number of aliphatic hydroxyl groups is 1. The van der Waals surface area contributed by atoms with E-state index in [1.807, 2.05) is 24.3 Å². The highest BCUT2D eigenvalue weighted by atomic mass is 35.5. The summed E-state index contributed by atoms with van der Waals surface area (Å²) in [5, 5.41) is 13.7. The predicted molar refractivity (Wildman–Crippen MR) is 70.0 cm³/mol. The second kappa shape index (κ2) is 4.55. The van der Waals surface area contributed by atoms with E-state index < -0.39 is 6.10 Å². The van der Waals surface area contributed by atoms with Gasteiger partial charge >= 0.3 is 0 Å². The van der Waals surface area contributed by atoms with Crippen molar-refractivity contribution in [3.8, 4) is 0 Å². The Morgan fingerprint density at radius 1 is 1.33 bits per heavy atom. The van der Waals surface area contributed by atoms with Gasteiger partial charge in [-0.3, -0.25) is 0 Å². The summed E-state index contributed by atoms with van der Waals surface area (Å²) >= 11 is 5.94. The first-order valence-corrected chi connectivity index (χ1v) is 6.16. The summed E-state index contributed by atoms with van der Waals surface area (Å²) in [6.07, 6.45) is 2.50. The van der Waals surface area contributed by atoms with Crippen LogP contribution in [0, 0.1) is 0 Å². The van der Waals surface area contributed by atoms with E-state index in [2.05, 4.69) is 15.3 Å². The van der Waals surface area contributed by atoms with Gasteiger partial charge in [-0.15, -0.1) is 0 Å². The van der Waals surface area contributed by atoms with E-state index in [1.165, 1.54) is 6.33 Å². The topological polar surface area (TPSA) is 58.0 Å². The molecule has 0 radical (unpaired) electrons. The predicted octanol–water partition coefficient (Wildman–Crippen LogP) is 2.85. The molecule has 0 fully saturated rings. The van der Waals surface area contributed by atoms with Crippen molar-refractivity contribution in [2.24, 2.45) is 0 Å². The number of benzene rings is 1. The average Bonchev–Trinajstić information content (AvgIpc) is 2.73. The fraction of sp³-hybridized carbons (Fsp3) is 0.231. The average molecular weight is 262 g/mol. The summed E-state index contributed by atoms with van der Waals surface area (Å²) in [6.45, 7) is 0. The van der Waals surface area contributed by atoms with Gasteiger partial charge in [0.25, 0.3) is 0 Å². The molecule has 3 rings (SSSR count). The lowest BCUT2D eigenvalue weighted by Gasteiger charge is -2.10. The zero-order valence-corrected chi connectivity index (χ0v) is 10.4. The third-order valence-corrected chi connectivity index (χ3v) is 3.28. The van der Waals surface area contributed by atoms with Crippen molar-refractivity contribution in [2.75, 3.05) is 5.32 Å². The van der Waals surface area contributed by atoms with Crippen molar-refractivity contribution in [1.82, 2.24) is 9.97 Å². The minimum Gasteiger partial charge on any atom is -0.387 e. The molecule has 4 nitrogen and oxygen atoms in total. The maximum Gasteiger partial charge on any atom is 0.137 e. The van der Waals surface area contributed by atoms with Crippen molar-refractivity contribution < 1.29 is 5.11 Å². The Balaban J connectivity index is 1.95. The van der Waals surface area contributed by atoms with Crippen molar-refractivity contribution in [3.05, 3.63) is 46.9 Å². The van der Waals surface area contributed by atoms with Crippen LogP contribution in [0.2, 0.25) is 5.02 Å². The standard InChI is InChI=1S/C13H12ClN3O/c14-8-2-1-3-9(6-8)17-13-10-4-5-11(18)12(10)15-7-16-13/h1-3,6-7,11,18H,4-5H2,(H,15,16,17). The number of rotatable bonds is 2. The highest BCUT2D eigenvalue weighted by molar-refractivity contribution is 6.30. The van der Waals surface area contributed by atoms with Crippen LogP contribution in [0.1, 0.15) is 23.8 Å². The second-order valence-electron chi connectivity index (χ2n) is 4.28. The summed E-state index contributed by atoms with van der Waals surface area (Å²) < 4.78 is 0. The minimum atomic E-state index is -0.470. The van der Waals surface area contributed by atoms with E-state index in [9.17, 15) is 5.11 Å². The molecule has 0 amide bonds. The molecular formula is C13H12ClN3O. The molecule has 1 aliphatic carbocycles. The van der Waals surface area contributed by atoms with Gasteiger partial charge in [-0.2, -0.15) is 0 Å². The first-order chi connectivity index (χ1) is 8.74. The number of aliphatic hydroxyl groups excluding tert-OH is 1. The number of hydrogen-bond acceptors (Lipinski definition) is 4.